The Morgan fingerprint density at radius 3 is 2.63 bits per heavy atom. The summed E-state index contributed by atoms with van der Waals surface area (Å²) >= 11 is 1.35. The lowest BCUT2D eigenvalue weighted by Crippen LogP contribution is -2.13. The van der Waals surface area contributed by atoms with E-state index in [1.165, 1.54) is 40.4 Å². The van der Waals surface area contributed by atoms with E-state index in [2.05, 4.69) is 10.1 Å². The van der Waals surface area contributed by atoms with Gasteiger partial charge in [0.15, 0.2) is 0 Å². The van der Waals surface area contributed by atoms with E-state index in [0.29, 0.717) is 16.1 Å². The fourth-order valence-corrected chi connectivity index (χ4v) is 3.41. The molecule has 5 nitrogen and oxygen atoms in total. The highest BCUT2D eigenvalue weighted by Gasteiger charge is 2.21. The standard InChI is InChI=1S/C19H15F2N3O2S/c20-12-2-1-11(16(21)7-12)9-22-24-17(10-27-19(24)23-13-3-4-13)15-6-5-14(25)8-18(15)26/h1-2,5-10,13,25-26H,3-4H2/b22-9-,23-19?. The lowest BCUT2D eigenvalue weighted by molar-refractivity contribution is 0.451. The maximum Gasteiger partial charge on any atom is 0.206 e. The summed E-state index contributed by atoms with van der Waals surface area (Å²) in [6, 6.07) is 7.76. The number of nitrogens with zero attached hydrogens (tertiary/aromatic N) is 3. The average Bonchev–Trinajstić information content (AvgIpc) is 3.35. The lowest BCUT2D eigenvalue weighted by atomic mass is 10.1. The van der Waals surface area contributed by atoms with Gasteiger partial charge in [-0.2, -0.15) is 5.10 Å². The number of benzene rings is 2. The van der Waals surface area contributed by atoms with Gasteiger partial charge in [-0.1, -0.05) is 0 Å². The summed E-state index contributed by atoms with van der Waals surface area (Å²) in [4.78, 5) is 5.21. The maximum atomic E-state index is 13.9. The second-order valence-corrected chi connectivity index (χ2v) is 7.02. The number of hydrogen-bond donors (Lipinski definition) is 2. The van der Waals surface area contributed by atoms with Crippen LogP contribution in [-0.4, -0.2) is 27.1 Å². The molecule has 138 valence electrons. The Morgan fingerprint density at radius 1 is 1.11 bits per heavy atom. The summed E-state index contributed by atoms with van der Waals surface area (Å²) in [5, 5.41) is 25.8. The largest absolute Gasteiger partial charge is 0.508 e. The molecule has 3 aromatic rings. The van der Waals surface area contributed by atoms with Gasteiger partial charge in [-0.15, -0.1) is 11.3 Å². The molecule has 0 atom stereocenters. The van der Waals surface area contributed by atoms with Gasteiger partial charge in [-0.3, -0.25) is 4.99 Å². The van der Waals surface area contributed by atoms with Crippen LogP contribution in [0.15, 0.2) is 51.9 Å². The number of phenols is 2. The first kappa shape index (κ1) is 17.4. The molecule has 4 rings (SSSR count). The van der Waals surface area contributed by atoms with E-state index >= 15 is 0 Å². The van der Waals surface area contributed by atoms with E-state index in [1.807, 2.05) is 0 Å². The molecule has 27 heavy (non-hydrogen) atoms. The van der Waals surface area contributed by atoms with Gasteiger partial charge < -0.3 is 10.2 Å². The molecule has 0 unspecified atom stereocenters. The quantitative estimate of drug-likeness (QED) is 0.668. The molecule has 1 aromatic heterocycles. The smallest absolute Gasteiger partial charge is 0.206 e. The fourth-order valence-electron chi connectivity index (χ4n) is 2.51. The van der Waals surface area contributed by atoms with Crippen LogP contribution >= 0.6 is 11.3 Å². The van der Waals surface area contributed by atoms with E-state index < -0.39 is 11.6 Å². The van der Waals surface area contributed by atoms with Gasteiger partial charge in [0.25, 0.3) is 0 Å². The van der Waals surface area contributed by atoms with Gasteiger partial charge in [0.1, 0.15) is 23.1 Å². The molecule has 0 spiro atoms. The highest BCUT2D eigenvalue weighted by atomic mass is 32.1. The van der Waals surface area contributed by atoms with Gasteiger partial charge >= 0.3 is 0 Å². The molecule has 1 fully saturated rings. The predicted molar refractivity (Wildman–Crippen MR) is 99.0 cm³/mol. The van der Waals surface area contributed by atoms with Crippen molar-refractivity contribution in [3.05, 3.63) is 63.8 Å². The monoisotopic (exact) mass is 387 g/mol. The summed E-state index contributed by atoms with van der Waals surface area (Å²) in [7, 11) is 0. The fraction of sp³-hybridized carbons (Fsp3) is 0.158. The van der Waals surface area contributed by atoms with Crippen molar-refractivity contribution in [1.29, 1.82) is 0 Å². The van der Waals surface area contributed by atoms with Crippen molar-refractivity contribution in [1.82, 2.24) is 4.68 Å². The Bertz CT molecular complexity index is 1100. The van der Waals surface area contributed by atoms with Gasteiger partial charge in [0.05, 0.1) is 18.0 Å². The number of rotatable bonds is 4. The van der Waals surface area contributed by atoms with Crippen molar-refractivity contribution in [3.63, 3.8) is 0 Å². The summed E-state index contributed by atoms with van der Waals surface area (Å²) in [6.07, 6.45) is 3.30. The first-order chi connectivity index (χ1) is 13.0. The summed E-state index contributed by atoms with van der Waals surface area (Å²) in [5.74, 6) is -1.54. The zero-order valence-corrected chi connectivity index (χ0v) is 14.8. The Labute approximate surface area is 157 Å². The van der Waals surface area contributed by atoms with Gasteiger partial charge in [0.2, 0.25) is 4.80 Å². The molecular weight excluding hydrogens is 372 g/mol. The van der Waals surface area contributed by atoms with Gasteiger partial charge in [0, 0.05) is 28.6 Å². The number of aromatic hydroxyl groups is 2. The second-order valence-electron chi connectivity index (χ2n) is 6.19. The third kappa shape index (κ3) is 3.75. The topological polar surface area (TPSA) is 70.1 Å². The molecule has 2 aromatic carbocycles. The van der Waals surface area contributed by atoms with Crippen LogP contribution in [0.5, 0.6) is 11.5 Å². The van der Waals surface area contributed by atoms with Crippen molar-refractivity contribution in [2.24, 2.45) is 10.1 Å². The molecule has 1 heterocycles. The Balaban J connectivity index is 1.82. The van der Waals surface area contributed by atoms with E-state index in [9.17, 15) is 19.0 Å². The number of aromatic nitrogens is 1. The molecule has 0 bridgehead atoms. The number of phenolic OH excluding ortho intramolecular Hbond substituents is 2. The Hall–Kier alpha value is -3.00. The molecule has 1 aliphatic carbocycles. The second kappa shape index (κ2) is 6.96. The van der Waals surface area contributed by atoms with Crippen molar-refractivity contribution in [2.45, 2.75) is 18.9 Å². The van der Waals surface area contributed by atoms with E-state index in [1.54, 1.807) is 11.4 Å². The normalized spacial score (nSPS) is 15.0. The first-order valence-corrected chi connectivity index (χ1v) is 9.15. The third-order valence-electron chi connectivity index (χ3n) is 4.06. The van der Waals surface area contributed by atoms with Crippen LogP contribution in [0.2, 0.25) is 0 Å². The number of thiazole rings is 1. The van der Waals surface area contributed by atoms with E-state index in [0.717, 1.165) is 25.0 Å². The van der Waals surface area contributed by atoms with Gasteiger partial charge in [-0.25, -0.2) is 13.5 Å². The minimum absolute atomic E-state index is 0.0576. The summed E-state index contributed by atoms with van der Waals surface area (Å²) in [6.45, 7) is 0. The van der Waals surface area contributed by atoms with Crippen LogP contribution in [0.1, 0.15) is 18.4 Å². The van der Waals surface area contributed by atoms with Crippen LogP contribution in [0.25, 0.3) is 11.3 Å². The third-order valence-corrected chi connectivity index (χ3v) is 4.89. The van der Waals surface area contributed by atoms with Crippen LogP contribution in [0, 0.1) is 11.6 Å². The molecule has 0 radical (unpaired) electrons. The summed E-state index contributed by atoms with van der Waals surface area (Å²) in [5.41, 5.74) is 1.14. The minimum Gasteiger partial charge on any atom is -0.508 e. The Kier molecular flexibility index (Phi) is 4.49. The highest BCUT2D eigenvalue weighted by Crippen LogP contribution is 2.32. The highest BCUT2D eigenvalue weighted by molar-refractivity contribution is 7.07. The average molecular weight is 387 g/mol. The predicted octanol–water partition coefficient (Wildman–Crippen LogP) is 3.85. The van der Waals surface area contributed by atoms with Crippen molar-refractivity contribution in [2.75, 3.05) is 0 Å². The summed E-state index contributed by atoms with van der Waals surface area (Å²) < 4.78 is 28.5. The van der Waals surface area contributed by atoms with Crippen molar-refractivity contribution in [3.8, 4) is 22.8 Å². The van der Waals surface area contributed by atoms with Crippen LogP contribution in [-0.2, 0) is 0 Å². The first-order valence-electron chi connectivity index (χ1n) is 8.27. The molecular formula is C19H15F2N3O2S. The van der Waals surface area contributed by atoms with Crippen molar-refractivity contribution < 1.29 is 19.0 Å². The zero-order chi connectivity index (χ0) is 19.0. The lowest BCUT2D eigenvalue weighted by Gasteiger charge is -2.06. The molecule has 8 heteroatoms. The minimum atomic E-state index is -0.718. The zero-order valence-electron chi connectivity index (χ0n) is 14.0. The van der Waals surface area contributed by atoms with Crippen LogP contribution in [0.4, 0.5) is 8.78 Å². The van der Waals surface area contributed by atoms with Gasteiger partial charge in [-0.05, 0) is 37.1 Å². The molecule has 0 amide bonds. The molecule has 0 saturated heterocycles. The number of halogens is 2. The van der Waals surface area contributed by atoms with Crippen molar-refractivity contribution >= 4 is 17.6 Å². The molecule has 0 aliphatic heterocycles. The number of hydrogen-bond acceptors (Lipinski definition) is 5. The van der Waals surface area contributed by atoms with Crippen LogP contribution < -0.4 is 4.80 Å². The Morgan fingerprint density at radius 2 is 1.93 bits per heavy atom. The van der Waals surface area contributed by atoms with E-state index in [4.69, 9.17) is 0 Å². The molecule has 1 saturated carbocycles. The maximum absolute atomic E-state index is 13.9. The van der Waals surface area contributed by atoms with E-state index in [-0.39, 0.29) is 23.1 Å². The SMILES string of the molecule is Oc1ccc(-c2csc(=NC3CC3)n2/N=C\c2ccc(F)cc2F)c(O)c1. The molecule has 2 N–H and O–H groups in total. The van der Waals surface area contributed by atoms with Crippen LogP contribution in [0.3, 0.4) is 0 Å². The molecule has 1 aliphatic rings.